The number of halogens is 3. The van der Waals surface area contributed by atoms with E-state index in [2.05, 4.69) is 9.72 Å². The molecule has 0 spiro atoms. The molecule has 2 aromatic rings. The van der Waals surface area contributed by atoms with Crippen molar-refractivity contribution >= 4 is 0 Å². The summed E-state index contributed by atoms with van der Waals surface area (Å²) in [6.07, 6.45) is -4.66. The van der Waals surface area contributed by atoms with Crippen molar-refractivity contribution in [2.75, 3.05) is 7.11 Å². The maximum Gasteiger partial charge on any atom is 0.573 e. The fourth-order valence-electron chi connectivity index (χ4n) is 1.90. The summed E-state index contributed by atoms with van der Waals surface area (Å²) in [6.45, 7) is 0. The Morgan fingerprint density at radius 2 is 1.82 bits per heavy atom. The van der Waals surface area contributed by atoms with Gasteiger partial charge in [-0.1, -0.05) is 12.1 Å². The molecule has 1 aromatic heterocycles. The van der Waals surface area contributed by atoms with Gasteiger partial charge in [-0.25, -0.2) is 4.98 Å². The summed E-state index contributed by atoms with van der Waals surface area (Å²) in [5.74, 6) is 0.0607. The summed E-state index contributed by atoms with van der Waals surface area (Å²) in [4.78, 5) is 4.18. The van der Waals surface area contributed by atoms with Crippen molar-refractivity contribution in [3.05, 3.63) is 42.1 Å². The van der Waals surface area contributed by atoms with Crippen LogP contribution in [0.1, 0.15) is 5.69 Å². The zero-order valence-electron chi connectivity index (χ0n) is 11.5. The van der Waals surface area contributed by atoms with Crippen molar-refractivity contribution in [2.24, 2.45) is 0 Å². The number of aromatic nitrogens is 1. The highest BCUT2D eigenvalue weighted by Crippen LogP contribution is 2.29. The van der Waals surface area contributed by atoms with Crippen LogP contribution in [0, 0.1) is 11.3 Å². The Bertz CT molecular complexity index is 691. The minimum absolute atomic E-state index is 0.0628. The van der Waals surface area contributed by atoms with Gasteiger partial charge in [-0.15, -0.1) is 13.2 Å². The van der Waals surface area contributed by atoms with Gasteiger partial charge in [0.1, 0.15) is 5.75 Å². The first-order valence-corrected chi connectivity index (χ1v) is 6.20. The Kier molecular flexibility index (Phi) is 4.51. The van der Waals surface area contributed by atoms with Gasteiger partial charge in [0.15, 0.2) is 0 Å². The molecule has 114 valence electrons. The van der Waals surface area contributed by atoms with Crippen molar-refractivity contribution in [1.82, 2.24) is 4.98 Å². The van der Waals surface area contributed by atoms with Crippen molar-refractivity contribution in [3.8, 4) is 28.8 Å². The minimum Gasteiger partial charge on any atom is -0.481 e. The second kappa shape index (κ2) is 6.35. The lowest BCUT2D eigenvalue weighted by molar-refractivity contribution is -0.274. The monoisotopic (exact) mass is 308 g/mol. The highest BCUT2D eigenvalue weighted by molar-refractivity contribution is 5.67. The van der Waals surface area contributed by atoms with Crippen molar-refractivity contribution < 1.29 is 22.6 Å². The van der Waals surface area contributed by atoms with E-state index in [-0.39, 0.29) is 12.2 Å². The Morgan fingerprint density at radius 3 is 2.36 bits per heavy atom. The van der Waals surface area contributed by atoms with Crippen LogP contribution in [-0.4, -0.2) is 18.5 Å². The lowest BCUT2D eigenvalue weighted by Gasteiger charge is -2.11. The van der Waals surface area contributed by atoms with Crippen LogP contribution in [0.15, 0.2) is 36.4 Å². The molecule has 0 atom stereocenters. The molecule has 0 aliphatic heterocycles. The Hall–Kier alpha value is -2.75. The van der Waals surface area contributed by atoms with E-state index in [1.165, 1.54) is 31.4 Å². The molecule has 0 saturated carbocycles. The zero-order chi connectivity index (χ0) is 16.2. The zero-order valence-corrected chi connectivity index (χ0v) is 11.5. The summed E-state index contributed by atoms with van der Waals surface area (Å²) in [6, 6.07) is 10.7. The number of nitriles is 1. The minimum atomic E-state index is -4.73. The van der Waals surface area contributed by atoms with Crippen molar-refractivity contribution in [2.45, 2.75) is 12.8 Å². The molecule has 1 aromatic carbocycles. The number of methoxy groups -OCH3 is 1. The molecule has 0 bridgehead atoms. The second-order valence-corrected chi connectivity index (χ2v) is 4.25. The molecule has 7 heteroatoms. The van der Waals surface area contributed by atoms with Crippen LogP contribution in [0.5, 0.6) is 11.6 Å². The standard InChI is InChI=1S/C15H11F3N2O2/c1-21-14-7-6-12(13(20-14)8-9-19)10-2-4-11(5-3-10)22-15(16,17)18/h2-7H,8H2,1H3. The molecule has 0 aliphatic rings. The van der Waals surface area contributed by atoms with Gasteiger partial charge < -0.3 is 9.47 Å². The summed E-state index contributed by atoms with van der Waals surface area (Å²) in [5, 5.41) is 8.85. The summed E-state index contributed by atoms with van der Waals surface area (Å²) in [5.41, 5.74) is 1.78. The summed E-state index contributed by atoms with van der Waals surface area (Å²) in [7, 11) is 1.46. The van der Waals surface area contributed by atoms with Gasteiger partial charge in [0, 0.05) is 11.6 Å². The van der Waals surface area contributed by atoms with Gasteiger partial charge in [-0.3, -0.25) is 0 Å². The largest absolute Gasteiger partial charge is 0.573 e. The Morgan fingerprint density at radius 1 is 1.14 bits per heavy atom. The second-order valence-electron chi connectivity index (χ2n) is 4.25. The van der Waals surface area contributed by atoms with Crippen LogP contribution < -0.4 is 9.47 Å². The van der Waals surface area contributed by atoms with Gasteiger partial charge in [0.05, 0.1) is 25.3 Å². The third kappa shape index (κ3) is 3.88. The number of hydrogen-bond acceptors (Lipinski definition) is 4. The highest BCUT2D eigenvalue weighted by Gasteiger charge is 2.30. The van der Waals surface area contributed by atoms with Gasteiger partial charge in [0.2, 0.25) is 5.88 Å². The molecule has 0 amide bonds. The summed E-state index contributed by atoms with van der Waals surface area (Å²) >= 11 is 0. The smallest absolute Gasteiger partial charge is 0.481 e. The SMILES string of the molecule is COc1ccc(-c2ccc(OC(F)(F)F)cc2)c(CC#N)n1. The molecule has 0 saturated heterocycles. The predicted octanol–water partition coefficient (Wildman–Crippen LogP) is 3.72. The molecule has 4 nitrogen and oxygen atoms in total. The number of nitrogens with zero attached hydrogens (tertiary/aromatic N) is 2. The predicted molar refractivity (Wildman–Crippen MR) is 72.2 cm³/mol. The average Bonchev–Trinajstić information content (AvgIpc) is 2.47. The molecule has 0 radical (unpaired) electrons. The van der Waals surface area contributed by atoms with Crippen LogP contribution in [0.3, 0.4) is 0 Å². The molecule has 22 heavy (non-hydrogen) atoms. The van der Waals surface area contributed by atoms with E-state index in [0.29, 0.717) is 22.7 Å². The fraction of sp³-hybridized carbons (Fsp3) is 0.200. The van der Waals surface area contributed by atoms with Gasteiger partial charge in [0.25, 0.3) is 0 Å². The lowest BCUT2D eigenvalue weighted by atomic mass is 10.0. The van der Waals surface area contributed by atoms with Gasteiger partial charge in [-0.05, 0) is 23.8 Å². The van der Waals surface area contributed by atoms with E-state index in [1.54, 1.807) is 12.1 Å². The number of hydrogen-bond donors (Lipinski definition) is 0. The highest BCUT2D eigenvalue weighted by atomic mass is 19.4. The van der Waals surface area contributed by atoms with Crippen LogP contribution in [0.25, 0.3) is 11.1 Å². The van der Waals surface area contributed by atoms with E-state index < -0.39 is 6.36 Å². The Labute approximate surface area is 124 Å². The van der Waals surface area contributed by atoms with Crippen LogP contribution in [0.4, 0.5) is 13.2 Å². The normalized spacial score (nSPS) is 10.9. The number of ether oxygens (including phenoxy) is 2. The molecule has 0 unspecified atom stereocenters. The first-order valence-electron chi connectivity index (χ1n) is 6.20. The maximum atomic E-state index is 12.1. The molecular formula is C15H11F3N2O2. The molecule has 0 aliphatic carbocycles. The number of benzene rings is 1. The van der Waals surface area contributed by atoms with E-state index in [1.807, 2.05) is 6.07 Å². The first kappa shape index (κ1) is 15.6. The van der Waals surface area contributed by atoms with Crippen LogP contribution in [-0.2, 0) is 6.42 Å². The molecular weight excluding hydrogens is 297 g/mol. The molecule has 0 fully saturated rings. The molecule has 2 rings (SSSR count). The van der Waals surface area contributed by atoms with E-state index in [9.17, 15) is 13.2 Å². The third-order valence-corrected chi connectivity index (χ3v) is 2.80. The molecule has 1 heterocycles. The van der Waals surface area contributed by atoms with Gasteiger partial charge >= 0.3 is 6.36 Å². The van der Waals surface area contributed by atoms with E-state index in [0.717, 1.165) is 0 Å². The number of alkyl halides is 3. The third-order valence-electron chi connectivity index (χ3n) is 2.80. The quantitative estimate of drug-likeness (QED) is 0.863. The van der Waals surface area contributed by atoms with E-state index in [4.69, 9.17) is 10.00 Å². The summed E-state index contributed by atoms with van der Waals surface area (Å²) < 4.78 is 45.2. The van der Waals surface area contributed by atoms with Crippen molar-refractivity contribution in [3.63, 3.8) is 0 Å². The lowest BCUT2D eigenvalue weighted by Crippen LogP contribution is -2.16. The van der Waals surface area contributed by atoms with Crippen LogP contribution >= 0.6 is 0 Å². The average molecular weight is 308 g/mol. The first-order chi connectivity index (χ1) is 10.4. The van der Waals surface area contributed by atoms with Gasteiger partial charge in [-0.2, -0.15) is 5.26 Å². The number of rotatable bonds is 4. The fourth-order valence-corrected chi connectivity index (χ4v) is 1.90. The van der Waals surface area contributed by atoms with Crippen molar-refractivity contribution in [1.29, 1.82) is 5.26 Å². The molecule has 0 N–H and O–H groups in total. The number of pyridine rings is 1. The topological polar surface area (TPSA) is 55.1 Å². The van der Waals surface area contributed by atoms with E-state index >= 15 is 0 Å². The Balaban J connectivity index is 2.33. The maximum absolute atomic E-state index is 12.1. The van der Waals surface area contributed by atoms with Crippen LogP contribution in [0.2, 0.25) is 0 Å².